The van der Waals surface area contributed by atoms with Gasteiger partial charge in [-0.2, -0.15) is 0 Å². The van der Waals surface area contributed by atoms with Gasteiger partial charge >= 0.3 is 0 Å². The molecule has 7 nitrogen and oxygen atoms in total. The van der Waals surface area contributed by atoms with Gasteiger partial charge in [0, 0.05) is 24.4 Å². The minimum absolute atomic E-state index is 0.403. The molecular weight excluding hydrogens is 306 g/mol. The summed E-state index contributed by atoms with van der Waals surface area (Å²) in [7, 11) is 1.84. The van der Waals surface area contributed by atoms with E-state index >= 15 is 0 Å². The molecule has 24 heavy (non-hydrogen) atoms. The predicted molar refractivity (Wildman–Crippen MR) is 95.1 cm³/mol. The number of hydrogen-bond donors (Lipinski definition) is 3. The molecule has 1 aromatic heterocycles. The Kier molecular flexibility index (Phi) is 8.24. The largest absolute Gasteiger partial charge is 0.473 e. The average Bonchev–Trinajstić information content (AvgIpc) is 2.59. The van der Waals surface area contributed by atoms with Crippen LogP contribution in [0, 0.1) is 6.92 Å². The summed E-state index contributed by atoms with van der Waals surface area (Å²) >= 11 is 0. The Morgan fingerprint density at radius 2 is 1.96 bits per heavy atom. The number of carbonyl (C=O) groups excluding carboxylic acids is 1. The summed E-state index contributed by atoms with van der Waals surface area (Å²) in [6.45, 7) is 4.55. The smallest absolute Gasteiger partial charge is 0.221 e. The van der Waals surface area contributed by atoms with Gasteiger partial charge in [0.1, 0.15) is 6.61 Å². The van der Waals surface area contributed by atoms with Crippen LogP contribution in [0.1, 0.15) is 23.7 Å². The number of nitrogens with zero attached hydrogens (tertiary/aromatic N) is 2. The summed E-state index contributed by atoms with van der Waals surface area (Å²) in [6.07, 6.45) is 1.35. The van der Waals surface area contributed by atoms with E-state index in [0.717, 1.165) is 23.4 Å². The molecule has 1 amide bonds. The number of pyridine rings is 1. The molecule has 0 aliphatic heterocycles. The molecule has 0 fully saturated rings. The van der Waals surface area contributed by atoms with Crippen LogP contribution in [0.2, 0.25) is 0 Å². The van der Waals surface area contributed by atoms with Crippen molar-refractivity contribution < 1.29 is 9.53 Å². The molecule has 7 heteroatoms. The van der Waals surface area contributed by atoms with Crippen molar-refractivity contribution in [3.05, 3.63) is 53.2 Å². The minimum atomic E-state index is 0.403. The van der Waals surface area contributed by atoms with Crippen molar-refractivity contribution in [2.24, 2.45) is 11.7 Å². The number of aryl methyl sites for hydroxylation is 2. The second kappa shape index (κ2) is 10.2. The van der Waals surface area contributed by atoms with Crippen molar-refractivity contribution in [2.75, 3.05) is 12.1 Å². The maximum absolute atomic E-state index is 8.94. The first kappa shape index (κ1) is 19.4. The predicted octanol–water partition coefficient (Wildman–Crippen LogP) is 1.45. The molecular formula is C17H25N5O2. The Hall–Kier alpha value is -2.64. The third-order valence-electron chi connectivity index (χ3n) is 3.30. The summed E-state index contributed by atoms with van der Waals surface area (Å²) in [5, 5.41) is 1.63. The number of nitrogens with two attached hydrogens (primary N) is 2. The van der Waals surface area contributed by atoms with Crippen LogP contribution >= 0.6 is 0 Å². The molecule has 5 N–H and O–H groups in total. The van der Waals surface area contributed by atoms with Crippen molar-refractivity contribution in [3.63, 3.8) is 0 Å². The standard InChI is InChI=1S/C16H21N3O.CH4N2O/c1-4-13-8-6-9-15(19(3)17)14(13)11-20-16-10-5-7-12(2)18-16;2-3-1-4/h5-10H,4,11,17H2,1-3H3;1H,2H2,(H,3,4). The van der Waals surface area contributed by atoms with E-state index in [1.54, 1.807) is 10.4 Å². The summed E-state index contributed by atoms with van der Waals surface area (Å²) < 4.78 is 5.81. The molecule has 1 aromatic carbocycles. The van der Waals surface area contributed by atoms with Crippen LogP contribution in [-0.4, -0.2) is 18.4 Å². The molecule has 0 radical (unpaired) electrons. The number of hydrogen-bond acceptors (Lipinski definition) is 6. The van der Waals surface area contributed by atoms with Gasteiger partial charge in [-0.15, -0.1) is 0 Å². The Labute approximate surface area is 142 Å². The van der Waals surface area contributed by atoms with Gasteiger partial charge in [0.25, 0.3) is 0 Å². The van der Waals surface area contributed by atoms with Crippen LogP contribution in [0.3, 0.4) is 0 Å². The van der Waals surface area contributed by atoms with E-state index < -0.39 is 0 Å². The number of carbonyl (C=O) groups is 1. The van der Waals surface area contributed by atoms with Gasteiger partial charge in [-0.25, -0.2) is 16.7 Å². The van der Waals surface area contributed by atoms with E-state index in [1.165, 1.54) is 5.56 Å². The molecule has 0 atom stereocenters. The molecule has 0 saturated heterocycles. The highest BCUT2D eigenvalue weighted by molar-refractivity contribution is 5.55. The molecule has 0 bridgehead atoms. The average molecular weight is 331 g/mol. The van der Waals surface area contributed by atoms with Crippen LogP contribution in [0.25, 0.3) is 0 Å². The molecule has 0 spiro atoms. The molecule has 2 rings (SSSR count). The highest BCUT2D eigenvalue weighted by Crippen LogP contribution is 2.24. The summed E-state index contributed by atoms with van der Waals surface area (Å²) in [5.41, 5.74) is 6.04. The maximum atomic E-state index is 8.94. The number of amides is 1. The van der Waals surface area contributed by atoms with Gasteiger partial charge in [-0.05, 0) is 31.0 Å². The van der Waals surface area contributed by atoms with Crippen molar-refractivity contribution in [3.8, 4) is 5.88 Å². The van der Waals surface area contributed by atoms with Gasteiger partial charge in [0.2, 0.25) is 12.3 Å². The van der Waals surface area contributed by atoms with Crippen LogP contribution in [0.4, 0.5) is 5.69 Å². The zero-order valence-corrected chi connectivity index (χ0v) is 14.3. The van der Waals surface area contributed by atoms with Crippen molar-refractivity contribution in [1.82, 2.24) is 10.4 Å². The Balaban J connectivity index is 0.000000648. The first-order valence-corrected chi connectivity index (χ1v) is 7.58. The van der Waals surface area contributed by atoms with Gasteiger partial charge in [-0.1, -0.05) is 25.1 Å². The third kappa shape index (κ3) is 5.86. The molecule has 0 saturated carbocycles. The SMILES string of the molecule is CCc1cccc(N(C)N)c1COc1cccc(C)n1.NNC=O. The fraction of sp³-hybridized carbons (Fsp3) is 0.294. The second-order valence-electron chi connectivity index (χ2n) is 5.07. The zero-order valence-electron chi connectivity index (χ0n) is 14.3. The number of hydrazine groups is 2. The van der Waals surface area contributed by atoms with Crippen LogP contribution in [0.15, 0.2) is 36.4 Å². The Bertz CT molecular complexity index is 647. The number of aromatic nitrogens is 1. The lowest BCUT2D eigenvalue weighted by Gasteiger charge is -2.20. The van der Waals surface area contributed by atoms with Gasteiger partial charge in [-0.3, -0.25) is 10.2 Å². The third-order valence-corrected chi connectivity index (χ3v) is 3.30. The topological polar surface area (TPSA) is 106 Å². The minimum Gasteiger partial charge on any atom is -0.473 e. The normalized spacial score (nSPS) is 9.54. The Morgan fingerprint density at radius 1 is 1.29 bits per heavy atom. The van der Waals surface area contributed by atoms with Crippen molar-refractivity contribution in [2.45, 2.75) is 26.9 Å². The van der Waals surface area contributed by atoms with E-state index in [1.807, 2.05) is 44.3 Å². The van der Waals surface area contributed by atoms with E-state index in [0.29, 0.717) is 18.9 Å². The molecule has 0 aliphatic carbocycles. The molecule has 0 unspecified atom stereocenters. The number of rotatable bonds is 6. The van der Waals surface area contributed by atoms with Gasteiger partial charge in [0.05, 0.1) is 5.69 Å². The summed E-state index contributed by atoms with van der Waals surface area (Å²) in [6, 6.07) is 11.9. The number of nitrogens with one attached hydrogen (secondary N) is 1. The van der Waals surface area contributed by atoms with Crippen LogP contribution in [-0.2, 0) is 17.8 Å². The quantitative estimate of drug-likeness (QED) is 0.320. The number of benzene rings is 1. The lowest BCUT2D eigenvalue weighted by molar-refractivity contribution is -0.109. The van der Waals surface area contributed by atoms with Crippen LogP contribution in [0.5, 0.6) is 5.88 Å². The monoisotopic (exact) mass is 331 g/mol. The van der Waals surface area contributed by atoms with E-state index in [-0.39, 0.29) is 0 Å². The first-order valence-electron chi connectivity index (χ1n) is 7.58. The fourth-order valence-electron chi connectivity index (χ4n) is 2.19. The second-order valence-corrected chi connectivity index (χ2v) is 5.07. The molecule has 0 aliphatic rings. The highest BCUT2D eigenvalue weighted by Gasteiger charge is 2.10. The van der Waals surface area contributed by atoms with Crippen molar-refractivity contribution >= 4 is 12.1 Å². The lowest BCUT2D eigenvalue weighted by atomic mass is 10.0. The zero-order chi connectivity index (χ0) is 17.9. The molecule has 2 aromatic rings. The van der Waals surface area contributed by atoms with Gasteiger partial charge < -0.3 is 9.75 Å². The van der Waals surface area contributed by atoms with Gasteiger partial charge in [0.15, 0.2) is 0 Å². The fourth-order valence-corrected chi connectivity index (χ4v) is 2.19. The Morgan fingerprint density at radius 3 is 2.50 bits per heavy atom. The number of ether oxygens (including phenoxy) is 1. The molecule has 1 heterocycles. The van der Waals surface area contributed by atoms with Crippen molar-refractivity contribution in [1.29, 1.82) is 0 Å². The molecule has 130 valence electrons. The number of anilines is 1. The van der Waals surface area contributed by atoms with E-state index in [9.17, 15) is 0 Å². The summed E-state index contributed by atoms with van der Waals surface area (Å²) in [5.74, 6) is 10.9. The van der Waals surface area contributed by atoms with Crippen LogP contribution < -0.4 is 26.9 Å². The lowest BCUT2D eigenvalue weighted by Crippen LogP contribution is -2.27. The maximum Gasteiger partial charge on any atom is 0.221 e. The first-order chi connectivity index (χ1) is 11.5. The highest BCUT2D eigenvalue weighted by atomic mass is 16.5. The van der Waals surface area contributed by atoms with E-state index in [2.05, 4.69) is 23.8 Å². The van der Waals surface area contributed by atoms with E-state index in [4.69, 9.17) is 15.4 Å². The summed E-state index contributed by atoms with van der Waals surface area (Å²) in [4.78, 5) is 13.3.